The lowest BCUT2D eigenvalue weighted by molar-refractivity contribution is 0.536. The first kappa shape index (κ1) is 24.4. The molecule has 0 amide bonds. The van der Waals surface area contributed by atoms with E-state index < -0.39 is 0 Å². The summed E-state index contributed by atoms with van der Waals surface area (Å²) in [5, 5.41) is 0. The first-order valence-corrected chi connectivity index (χ1v) is 12.6. The highest BCUT2D eigenvalue weighted by Crippen LogP contribution is 2.14. The van der Waals surface area contributed by atoms with Crippen LogP contribution in [-0.2, 0) is 0 Å². The number of aliphatic imine (C=N–C) groups is 1. The molecule has 0 aliphatic carbocycles. The van der Waals surface area contributed by atoms with E-state index in [4.69, 9.17) is 4.99 Å². The fourth-order valence-electron chi connectivity index (χ4n) is 4.04. The topological polar surface area (TPSA) is 12.4 Å². The third-order valence-electron chi connectivity index (χ3n) is 5.88. The van der Waals surface area contributed by atoms with Gasteiger partial charge in [0, 0.05) is 17.7 Å². The molecule has 0 spiro atoms. The molecule has 2 rings (SSSR count). The molecule has 164 valence electrons. The molecule has 0 N–H and O–H groups in total. The van der Waals surface area contributed by atoms with Crippen molar-refractivity contribution in [2.75, 3.05) is 6.54 Å². The van der Waals surface area contributed by atoms with Crippen molar-refractivity contribution >= 4 is 5.71 Å². The molecule has 1 nitrogen and oxygen atoms in total. The van der Waals surface area contributed by atoms with Crippen molar-refractivity contribution in [3.05, 3.63) is 71.8 Å². The minimum Gasteiger partial charge on any atom is -0.284 e. The van der Waals surface area contributed by atoms with Crippen molar-refractivity contribution < 1.29 is 0 Å². The Bertz CT molecular complexity index is 618. The summed E-state index contributed by atoms with van der Waals surface area (Å²) < 4.78 is 0. The zero-order valence-corrected chi connectivity index (χ0v) is 19.3. The summed E-state index contributed by atoms with van der Waals surface area (Å²) in [6.45, 7) is 3.22. The molecule has 0 heterocycles. The predicted octanol–water partition coefficient (Wildman–Crippen LogP) is 9.01. The van der Waals surface area contributed by atoms with E-state index in [1.165, 1.54) is 101 Å². The minimum atomic E-state index is 0.928. The zero-order valence-electron chi connectivity index (χ0n) is 19.3. The van der Waals surface area contributed by atoms with Crippen molar-refractivity contribution in [1.82, 2.24) is 0 Å². The first-order valence-electron chi connectivity index (χ1n) is 12.6. The van der Waals surface area contributed by atoms with E-state index in [0.29, 0.717) is 0 Å². The maximum absolute atomic E-state index is 4.98. The fraction of sp³-hybridized carbons (Fsp3) is 0.552. The Morgan fingerprint density at radius 3 is 1.27 bits per heavy atom. The molecule has 0 atom stereocenters. The van der Waals surface area contributed by atoms with Crippen molar-refractivity contribution in [2.24, 2.45) is 4.99 Å². The number of benzene rings is 2. The van der Waals surface area contributed by atoms with Crippen LogP contribution in [0.5, 0.6) is 0 Å². The average molecular weight is 406 g/mol. The van der Waals surface area contributed by atoms with Gasteiger partial charge < -0.3 is 0 Å². The van der Waals surface area contributed by atoms with Gasteiger partial charge in [-0.1, -0.05) is 151 Å². The van der Waals surface area contributed by atoms with Gasteiger partial charge in [-0.05, 0) is 6.42 Å². The normalized spacial score (nSPS) is 10.8. The second-order valence-corrected chi connectivity index (χ2v) is 8.56. The van der Waals surface area contributed by atoms with Crippen LogP contribution in [-0.4, -0.2) is 12.3 Å². The van der Waals surface area contributed by atoms with E-state index in [9.17, 15) is 0 Å². The van der Waals surface area contributed by atoms with Gasteiger partial charge in [0.25, 0.3) is 0 Å². The molecule has 2 aromatic rings. The number of hydrogen-bond acceptors (Lipinski definition) is 1. The molecule has 1 heteroatoms. The predicted molar refractivity (Wildman–Crippen MR) is 134 cm³/mol. The molecule has 0 aliphatic heterocycles. The third kappa shape index (κ3) is 10.8. The monoisotopic (exact) mass is 405 g/mol. The molecule has 0 saturated carbocycles. The van der Waals surface area contributed by atoms with Crippen LogP contribution in [0, 0.1) is 0 Å². The summed E-state index contributed by atoms with van der Waals surface area (Å²) in [6.07, 6.45) is 19.6. The van der Waals surface area contributed by atoms with Crippen LogP contribution < -0.4 is 0 Å². The average Bonchev–Trinajstić information content (AvgIpc) is 2.80. The van der Waals surface area contributed by atoms with Crippen LogP contribution in [0.1, 0.15) is 108 Å². The van der Waals surface area contributed by atoms with Gasteiger partial charge in [-0.2, -0.15) is 0 Å². The summed E-state index contributed by atoms with van der Waals surface area (Å²) in [5.74, 6) is 0. The molecule has 0 saturated heterocycles. The van der Waals surface area contributed by atoms with Crippen LogP contribution in [0.4, 0.5) is 0 Å². The van der Waals surface area contributed by atoms with Crippen molar-refractivity contribution in [1.29, 1.82) is 0 Å². The number of rotatable bonds is 17. The Labute approximate surface area is 186 Å². The van der Waals surface area contributed by atoms with Crippen molar-refractivity contribution in [3.63, 3.8) is 0 Å². The standard InChI is InChI=1S/C29H43N/c1-2-3-4-5-6-7-8-9-10-11-12-13-14-21-26-30-29(27-22-17-15-18-23-27)28-24-19-16-20-25-28/h15-20,22-25H,2-14,21,26H2,1H3. The Hall–Kier alpha value is -1.89. The van der Waals surface area contributed by atoms with Crippen molar-refractivity contribution in [3.8, 4) is 0 Å². The van der Waals surface area contributed by atoms with E-state index in [-0.39, 0.29) is 0 Å². The van der Waals surface area contributed by atoms with Gasteiger partial charge in [0.1, 0.15) is 0 Å². The Kier molecular flexibility index (Phi) is 13.7. The molecule has 0 fully saturated rings. The van der Waals surface area contributed by atoms with Gasteiger partial charge in [-0.25, -0.2) is 0 Å². The highest BCUT2D eigenvalue weighted by atomic mass is 14.7. The largest absolute Gasteiger partial charge is 0.284 e. The molecule has 0 unspecified atom stereocenters. The van der Waals surface area contributed by atoms with Gasteiger partial charge in [0.05, 0.1) is 5.71 Å². The van der Waals surface area contributed by atoms with Crippen LogP contribution in [0.25, 0.3) is 0 Å². The number of nitrogens with zero attached hydrogens (tertiary/aromatic N) is 1. The molecule has 0 radical (unpaired) electrons. The quantitative estimate of drug-likeness (QED) is 0.184. The second kappa shape index (κ2) is 16.9. The Balaban J connectivity index is 1.55. The third-order valence-corrected chi connectivity index (χ3v) is 5.88. The van der Waals surface area contributed by atoms with Crippen LogP contribution in [0.15, 0.2) is 65.7 Å². The lowest BCUT2D eigenvalue weighted by Crippen LogP contribution is -2.04. The number of hydrogen-bond donors (Lipinski definition) is 0. The lowest BCUT2D eigenvalue weighted by atomic mass is 10.0. The molecule has 30 heavy (non-hydrogen) atoms. The minimum absolute atomic E-state index is 0.928. The highest BCUT2D eigenvalue weighted by Gasteiger charge is 2.05. The SMILES string of the molecule is CCCCCCCCCCCCCCCCN=C(c1ccccc1)c1ccccc1. The molecule has 2 aromatic carbocycles. The summed E-state index contributed by atoms with van der Waals surface area (Å²) >= 11 is 0. The molecule has 0 bridgehead atoms. The summed E-state index contributed by atoms with van der Waals surface area (Å²) in [7, 11) is 0. The summed E-state index contributed by atoms with van der Waals surface area (Å²) in [6, 6.07) is 21.2. The van der Waals surface area contributed by atoms with E-state index in [1.54, 1.807) is 0 Å². The first-order chi connectivity index (χ1) is 14.9. The van der Waals surface area contributed by atoms with E-state index in [2.05, 4.69) is 67.6 Å². The Morgan fingerprint density at radius 2 is 0.867 bits per heavy atom. The fourth-order valence-corrected chi connectivity index (χ4v) is 4.04. The van der Waals surface area contributed by atoms with Gasteiger partial charge in [-0.15, -0.1) is 0 Å². The molecule has 0 aromatic heterocycles. The molecular formula is C29H43N. The lowest BCUT2D eigenvalue weighted by Gasteiger charge is -2.08. The Morgan fingerprint density at radius 1 is 0.500 bits per heavy atom. The van der Waals surface area contributed by atoms with E-state index in [1.807, 2.05) is 0 Å². The van der Waals surface area contributed by atoms with E-state index in [0.717, 1.165) is 12.3 Å². The maximum atomic E-state index is 4.98. The summed E-state index contributed by atoms with van der Waals surface area (Å²) in [5.41, 5.74) is 3.56. The highest BCUT2D eigenvalue weighted by molar-refractivity contribution is 6.12. The van der Waals surface area contributed by atoms with Gasteiger partial charge in [-0.3, -0.25) is 4.99 Å². The van der Waals surface area contributed by atoms with Crippen LogP contribution in [0.3, 0.4) is 0 Å². The van der Waals surface area contributed by atoms with Crippen LogP contribution in [0.2, 0.25) is 0 Å². The molecule has 0 aliphatic rings. The number of unbranched alkanes of at least 4 members (excludes halogenated alkanes) is 13. The zero-order chi connectivity index (χ0) is 21.1. The van der Waals surface area contributed by atoms with Gasteiger partial charge >= 0.3 is 0 Å². The van der Waals surface area contributed by atoms with Crippen LogP contribution >= 0.6 is 0 Å². The molecular weight excluding hydrogens is 362 g/mol. The van der Waals surface area contributed by atoms with Gasteiger partial charge in [0.15, 0.2) is 0 Å². The smallest absolute Gasteiger partial charge is 0.0718 e. The van der Waals surface area contributed by atoms with Gasteiger partial charge in [0.2, 0.25) is 0 Å². The second-order valence-electron chi connectivity index (χ2n) is 8.56. The summed E-state index contributed by atoms with van der Waals surface area (Å²) in [4.78, 5) is 4.98. The van der Waals surface area contributed by atoms with Crippen molar-refractivity contribution in [2.45, 2.75) is 96.8 Å². The van der Waals surface area contributed by atoms with E-state index >= 15 is 0 Å². The maximum Gasteiger partial charge on any atom is 0.0718 e.